The van der Waals surface area contributed by atoms with Crippen LogP contribution in [-0.2, 0) is 14.6 Å². The normalized spacial score (nSPS) is 13.1. The molecule has 6 heteroatoms. The lowest BCUT2D eigenvalue weighted by atomic mass is 10.2. The van der Waals surface area contributed by atoms with Crippen LogP contribution in [-0.4, -0.2) is 38.8 Å². The van der Waals surface area contributed by atoms with E-state index in [4.69, 9.17) is 5.11 Å². The third-order valence-electron chi connectivity index (χ3n) is 2.58. The Morgan fingerprint density at radius 3 is 2.35 bits per heavy atom. The molecule has 1 unspecified atom stereocenters. The number of carboxylic acids is 1. The lowest BCUT2D eigenvalue weighted by Crippen LogP contribution is -2.36. The molecule has 1 atom stereocenters. The summed E-state index contributed by atoms with van der Waals surface area (Å²) in [6, 6.07) is 5.55. The number of aliphatic carboxylic acids is 1. The fourth-order valence-electron chi connectivity index (χ4n) is 1.44. The molecule has 5 nitrogen and oxygen atoms in total. The number of nitrogens with zero attached hydrogens (tertiary/aromatic N) is 1. The van der Waals surface area contributed by atoms with E-state index in [2.05, 4.69) is 0 Å². The van der Waals surface area contributed by atoms with Gasteiger partial charge in [-0.25, -0.2) is 13.2 Å². The Labute approximate surface area is 101 Å². The highest BCUT2D eigenvalue weighted by Gasteiger charge is 2.22. The molecule has 1 rings (SSSR count). The second-order valence-electron chi connectivity index (χ2n) is 3.87. The molecule has 0 fully saturated rings. The SMILES string of the molecule is CC(C(=O)O)N(C)c1ccccc1S(C)(=O)=O. The smallest absolute Gasteiger partial charge is 0.326 e. The second-order valence-corrected chi connectivity index (χ2v) is 5.85. The highest BCUT2D eigenvalue weighted by molar-refractivity contribution is 7.90. The van der Waals surface area contributed by atoms with Crippen molar-refractivity contribution in [2.45, 2.75) is 17.9 Å². The van der Waals surface area contributed by atoms with E-state index < -0.39 is 21.8 Å². The van der Waals surface area contributed by atoms with E-state index in [-0.39, 0.29) is 4.90 Å². The number of anilines is 1. The van der Waals surface area contributed by atoms with Crippen molar-refractivity contribution in [1.82, 2.24) is 0 Å². The largest absolute Gasteiger partial charge is 0.480 e. The maximum absolute atomic E-state index is 11.6. The Hall–Kier alpha value is -1.56. The molecule has 0 bridgehead atoms. The highest BCUT2D eigenvalue weighted by Crippen LogP contribution is 2.25. The van der Waals surface area contributed by atoms with Crippen LogP contribution in [0.4, 0.5) is 5.69 Å². The molecule has 0 aliphatic heterocycles. The molecule has 0 saturated heterocycles. The number of carboxylic acid groups (broad SMARTS) is 1. The summed E-state index contributed by atoms with van der Waals surface area (Å²) in [5.41, 5.74) is 0.393. The quantitative estimate of drug-likeness (QED) is 0.871. The summed E-state index contributed by atoms with van der Waals surface area (Å²) in [4.78, 5) is 12.4. The fraction of sp³-hybridized carbons (Fsp3) is 0.364. The topological polar surface area (TPSA) is 74.7 Å². The number of hydrogen-bond donors (Lipinski definition) is 1. The van der Waals surface area contributed by atoms with Crippen LogP contribution in [0.25, 0.3) is 0 Å². The standard InChI is InChI=1S/C11H15NO4S/c1-8(11(13)14)12(2)9-6-4-5-7-10(9)17(3,15)16/h4-8H,1-3H3,(H,13,14). The Kier molecular flexibility index (Phi) is 3.77. The second kappa shape index (κ2) is 4.75. The molecule has 0 radical (unpaired) electrons. The molecule has 1 aromatic carbocycles. The van der Waals surface area contributed by atoms with Crippen LogP contribution in [0.2, 0.25) is 0 Å². The average Bonchev–Trinajstić information content (AvgIpc) is 2.25. The summed E-state index contributed by atoms with van der Waals surface area (Å²) in [6.45, 7) is 1.50. The molecular formula is C11H15NO4S. The predicted octanol–water partition coefficient (Wildman–Crippen LogP) is 0.999. The first-order chi connectivity index (χ1) is 7.75. The molecule has 0 saturated carbocycles. The van der Waals surface area contributed by atoms with Crippen LogP contribution >= 0.6 is 0 Å². The number of rotatable bonds is 4. The van der Waals surface area contributed by atoms with Gasteiger partial charge in [0.05, 0.1) is 10.6 Å². The number of likely N-dealkylation sites (N-methyl/N-ethyl adjacent to an activating group) is 1. The third kappa shape index (κ3) is 2.97. The van der Waals surface area contributed by atoms with Crippen LogP contribution in [0.5, 0.6) is 0 Å². The number of sulfone groups is 1. The molecule has 0 heterocycles. The van der Waals surface area contributed by atoms with Crippen LogP contribution in [0.3, 0.4) is 0 Å². The van der Waals surface area contributed by atoms with Crippen molar-refractivity contribution in [3.63, 3.8) is 0 Å². The predicted molar refractivity (Wildman–Crippen MR) is 65.1 cm³/mol. The van der Waals surface area contributed by atoms with Gasteiger partial charge in [0.25, 0.3) is 0 Å². The first-order valence-corrected chi connectivity index (χ1v) is 6.89. The summed E-state index contributed by atoms with van der Waals surface area (Å²) in [5, 5.41) is 8.92. The molecule has 0 aliphatic carbocycles. The zero-order chi connectivity index (χ0) is 13.2. The van der Waals surface area contributed by atoms with Crippen molar-refractivity contribution in [1.29, 1.82) is 0 Å². The molecule has 0 aromatic heterocycles. The van der Waals surface area contributed by atoms with Gasteiger partial charge in [-0.05, 0) is 19.1 Å². The fourth-order valence-corrected chi connectivity index (χ4v) is 2.35. The Bertz CT molecular complexity index is 524. The van der Waals surface area contributed by atoms with E-state index >= 15 is 0 Å². The molecular weight excluding hydrogens is 242 g/mol. The minimum Gasteiger partial charge on any atom is -0.480 e. The average molecular weight is 257 g/mol. The van der Waals surface area contributed by atoms with Gasteiger partial charge in [-0.15, -0.1) is 0 Å². The van der Waals surface area contributed by atoms with Crippen LogP contribution in [0.15, 0.2) is 29.2 Å². The number of para-hydroxylation sites is 1. The van der Waals surface area contributed by atoms with Crippen LogP contribution in [0.1, 0.15) is 6.92 Å². The summed E-state index contributed by atoms with van der Waals surface area (Å²) in [7, 11) is -1.81. The van der Waals surface area contributed by atoms with E-state index in [1.165, 1.54) is 17.9 Å². The molecule has 0 amide bonds. The summed E-state index contributed by atoms with van der Waals surface area (Å²) < 4.78 is 23.2. The van der Waals surface area contributed by atoms with Crippen molar-refractivity contribution in [3.8, 4) is 0 Å². The van der Waals surface area contributed by atoms with Gasteiger partial charge < -0.3 is 10.0 Å². The van der Waals surface area contributed by atoms with E-state index in [1.54, 1.807) is 25.2 Å². The van der Waals surface area contributed by atoms with Gasteiger partial charge in [-0.3, -0.25) is 0 Å². The molecule has 1 aromatic rings. The Balaban J connectivity index is 3.28. The third-order valence-corrected chi connectivity index (χ3v) is 3.73. The van der Waals surface area contributed by atoms with E-state index in [0.29, 0.717) is 5.69 Å². The van der Waals surface area contributed by atoms with E-state index in [1.807, 2.05) is 0 Å². The minimum atomic E-state index is -3.37. The maximum Gasteiger partial charge on any atom is 0.326 e. The first kappa shape index (κ1) is 13.5. The zero-order valence-electron chi connectivity index (χ0n) is 9.91. The van der Waals surface area contributed by atoms with Gasteiger partial charge in [0.2, 0.25) is 0 Å². The lowest BCUT2D eigenvalue weighted by Gasteiger charge is -2.25. The van der Waals surface area contributed by atoms with Crippen LogP contribution in [0, 0.1) is 0 Å². The van der Waals surface area contributed by atoms with E-state index in [0.717, 1.165) is 6.26 Å². The van der Waals surface area contributed by atoms with Gasteiger partial charge >= 0.3 is 5.97 Å². The Morgan fingerprint density at radius 2 is 1.88 bits per heavy atom. The highest BCUT2D eigenvalue weighted by atomic mass is 32.2. The minimum absolute atomic E-state index is 0.135. The molecule has 0 aliphatic rings. The van der Waals surface area contributed by atoms with Crippen molar-refractivity contribution < 1.29 is 18.3 Å². The van der Waals surface area contributed by atoms with Crippen molar-refractivity contribution >= 4 is 21.5 Å². The lowest BCUT2D eigenvalue weighted by molar-refractivity contribution is -0.138. The van der Waals surface area contributed by atoms with E-state index in [9.17, 15) is 13.2 Å². The Morgan fingerprint density at radius 1 is 1.35 bits per heavy atom. The molecule has 17 heavy (non-hydrogen) atoms. The van der Waals surface area contributed by atoms with Crippen LogP contribution < -0.4 is 4.90 Å². The van der Waals surface area contributed by atoms with Crippen molar-refractivity contribution in [2.75, 3.05) is 18.2 Å². The number of hydrogen-bond acceptors (Lipinski definition) is 4. The maximum atomic E-state index is 11.6. The van der Waals surface area contributed by atoms with Gasteiger partial charge in [0, 0.05) is 13.3 Å². The van der Waals surface area contributed by atoms with Gasteiger partial charge in [0.1, 0.15) is 6.04 Å². The summed E-state index contributed by atoms with van der Waals surface area (Å²) >= 11 is 0. The summed E-state index contributed by atoms with van der Waals surface area (Å²) in [5.74, 6) is -1.00. The van der Waals surface area contributed by atoms with Crippen molar-refractivity contribution in [3.05, 3.63) is 24.3 Å². The zero-order valence-corrected chi connectivity index (χ0v) is 10.7. The molecule has 1 N–H and O–H groups in total. The summed E-state index contributed by atoms with van der Waals surface area (Å²) in [6.07, 6.45) is 1.10. The van der Waals surface area contributed by atoms with Gasteiger partial charge in [0.15, 0.2) is 9.84 Å². The molecule has 94 valence electrons. The molecule has 0 spiro atoms. The van der Waals surface area contributed by atoms with Crippen molar-refractivity contribution in [2.24, 2.45) is 0 Å². The number of carbonyl (C=O) groups is 1. The van der Waals surface area contributed by atoms with Gasteiger partial charge in [-0.2, -0.15) is 0 Å². The monoisotopic (exact) mass is 257 g/mol. The number of benzene rings is 1. The first-order valence-electron chi connectivity index (χ1n) is 5.00. The van der Waals surface area contributed by atoms with Gasteiger partial charge in [-0.1, -0.05) is 12.1 Å².